The normalized spacial score (nSPS) is 25.4. The highest BCUT2D eigenvalue weighted by molar-refractivity contribution is 5.92. The molecule has 2 fully saturated rings. The number of nitrogens with zero attached hydrogens (tertiary/aromatic N) is 2. The van der Waals surface area contributed by atoms with Crippen molar-refractivity contribution < 1.29 is 4.79 Å². The molecule has 128 valence electrons. The van der Waals surface area contributed by atoms with Crippen molar-refractivity contribution in [3.63, 3.8) is 0 Å². The van der Waals surface area contributed by atoms with E-state index >= 15 is 0 Å². The summed E-state index contributed by atoms with van der Waals surface area (Å²) in [6, 6.07) is 2.35. The lowest BCUT2D eigenvalue weighted by Crippen LogP contribution is -2.38. The molecule has 1 aromatic rings. The predicted octanol–water partition coefficient (Wildman–Crippen LogP) is 4.21. The number of carbonyl (C=O) groups excluding carboxylic acids is 1. The zero-order valence-corrected chi connectivity index (χ0v) is 15.1. The van der Waals surface area contributed by atoms with Crippen molar-refractivity contribution in [2.24, 2.45) is 5.92 Å². The summed E-state index contributed by atoms with van der Waals surface area (Å²) in [5.41, 5.74) is 1.76. The molecule has 0 radical (unpaired) electrons. The fourth-order valence-corrected chi connectivity index (χ4v) is 3.69. The zero-order valence-electron chi connectivity index (χ0n) is 15.1. The molecule has 2 saturated carbocycles. The van der Waals surface area contributed by atoms with Gasteiger partial charge >= 0.3 is 0 Å². The fraction of sp³-hybridized carbons (Fsp3) is 0.789. The van der Waals surface area contributed by atoms with Crippen LogP contribution in [-0.4, -0.2) is 21.7 Å². The quantitative estimate of drug-likeness (QED) is 0.904. The van der Waals surface area contributed by atoms with Crippen molar-refractivity contribution in [2.75, 3.05) is 0 Å². The molecule has 0 spiro atoms. The van der Waals surface area contributed by atoms with Gasteiger partial charge in [-0.2, -0.15) is 5.10 Å². The van der Waals surface area contributed by atoms with E-state index < -0.39 is 0 Å². The Morgan fingerprint density at radius 2 is 1.87 bits per heavy atom. The summed E-state index contributed by atoms with van der Waals surface area (Å²) in [5.74, 6) is 1.46. The third kappa shape index (κ3) is 3.78. The molecular formula is C19H31N3O. The van der Waals surface area contributed by atoms with Gasteiger partial charge in [-0.3, -0.25) is 9.48 Å². The van der Waals surface area contributed by atoms with Crippen LogP contribution in [0.15, 0.2) is 6.07 Å². The summed E-state index contributed by atoms with van der Waals surface area (Å²) < 4.78 is 2.06. The van der Waals surface area contributed by atoms with Crippen LogP contribution in [0, 0.1) is 5.92 Å². The van der Waals surface area contributed by atoms with Gasteiger partial charge in [-0.05, 0) is 71.3 Å². The zero-order chi connectivity index (χ0) is 16.6. The summed E-state index contributed by atoms with van der Waals surface area (Å²) >= 11 is 0. The third-order valence-corrected chi connectivity index (χ3v) is 5.36. The van der Waals surface area contributed by atoms with Crippen molar-refractivity contribution in [1.82, 2.24) is 15.1 Å². The van der Waals surface area contributed by atoms with Crippen LogP contribution in [0.5, 0.6) is 0 Å². The lowest BCUT2D eigenvalue weighted by Gasteiger charge is -2.28. The molecule has 3 rings (SSSR count). The minimum atomic E-state index is -0.0738. The number of hydrogen-bond donors (Lipinski definition) is 1. The minimum absolute atomic E-state index is 0.00912. The Morgan fingerprint density at radius 1 is 1.22 bits per heavy atom. The largest absolute Gasteiger partial charge is 0.348 e. The average Bonchev–Trinajstić information content (AvgIpc) is 3.24. The maximum atomic E-state index is 12.6. The SMILES string of the molecule is CCC1CCC(NC(=O)c2cc(C3CC3)n(C(C)(C)C)n2)CC1. The van der Waals surface area contributed by atoms with Crippen molar-refractivity contribution >= 4 is 5.91 Å². The van der Waals surface area contributed by atoms with E-state index in [9.17, 15) is 4.79 Å². The number of nitrogens with one attached hydrogen (secondary N) is 1. The molecule has 1 amide bonds. The van der Waals surface area contributed by atoms with Gasteiger partial charge in [-0.25, -0.2) is 0 Å². The molecule has 0 aliphatic heterocycles. The summed E-state index contributed by atoms with van der Waals surface area (Å²) in [6.07, 6.45) is 8.42. The van der Waals surface area contributed by atoms with E-state index in [-0.39, 0.29) is 11.4 Å². The first-order valence-corrected chi connectivity index (χ1v) is 9.29. The van der Waals surface area contributed by atoms with E-state index in [1.807, 2.05) is 6.07 Å². The Labute approximate surface area is 140 Å². The second-order valence-corrected chi connectivity index (χ2v) is 8.41. The Morgan fingerprint density at radius 3 is 2.39 bits per heavy atom. The molecule has 2 aliphatic rings. The molecule has 0 bridgehead atoms. The van der Waals surface area contributed by atoms with Gasteiger partial charge in [-0.15, -0.1) is 0 Å². The lowest BCUT2D eigenvalue weighted by molar-refractivity contribution is 0.0915. The predicted molar refractivity (Wildman–Crippen MR) is 92.7 cm³/mol. The van der Waals surface area contributed by atoms with E-state index in [4.69, 9.17) is 0 Å². The van der Waals surface area contributed by atoms with Crippen LogP contribution in [0.3, 0.4) is 0 Å². The van der Waals surface area contributed by atoms with E-state index in [0.717, 1.165) is 18.8 Å². The second-order valence-electron chi connectivity index (χ2n) is 8.41. The smallest absolute Gasteiger partial charge is 0.272 e. The van der Waals surface area contributed by atoms with Crippen LogP contribution >= 0.6 is 0 Å². The van der Waals surface area contributed by atoms with Crippen LogP contribution in [-0.2, 0) is 5.54 Å². The lowest BCUT2D eigenvalue weighted by atomic mass is 9.84. The number of rotatable bonds is 4. The molecule has 2 aliphatic carbocycles. The third-order valence-electron chi connectivity index (χ3n) is 5.36. The van der Waals surface area contributed by atoms with Crippen LogP contribution in [0.1, 0.15) is 94.7 Å². The van der Waals surface area contributed by atoms with Crippen LogP contribution in [0.25, 0.3) is 0 Å². The Balaban J connectivity index is 1.68. The van der Waals surface area contributed by atoms with Gasteiger partial charge in [0.05, 0.1) is 5.54 Å². The van der Waals surface area contributed by atoms with E-state index in [1.165, 1.54) is 37.8 Å². The molecule has 4 heteroatoms. The van der Waals surface area contributed by atoms with E-state index in [0.29, 0.717) is 17.7 Å². The molecule has 0 saturated heterocycles. The van der Waals surface area contributed by atoms with Gasteiger partial charge in [0, 0.05) is 17.7 Å². The van der Waals surface area contributed by atoms with Crippen molar-refractivity contribution in [2.45, 2.75) is 90.1 Å². The summed E-state index contributed by atoms with van der Waals surface area (Å²) in [6.45, 7) is 8.72. The highest BCUT2D eigenvalue weighted by atomic mass is 16.2. The van der Waals surface area contributed by atoms with Crippen molar-refractivity contribution in [3.8, 4) is 0 Å². The summed E-state index contributed by atoms with van der Waals surface area (Å²) in [5, 5.41) is 7.86. The van der Waals surface area contributed by atoms with E-state index in [2.05, 4.69) is 42.8 Å². The highest BCUT2D eigenvalue weighted by Crippen LogP contribution is 2.41. The van der Waals surface area contributed by atoms with Gasteiger partial charge in [0.25, 0.3) is 5.91 Å². The van der Waals surface area contributed by atoms with E-state index in [1.54, 1.807) is 0 Å². The van der Waals surface area contributed by atoms with Crippen molar-refractivity contribution in [3.05, 3.63) is 17.5 Å². The maximum Gasteiger partial charge on any atom is 0.272 e. The highest BCUT2D eigenvalue weighted by Gasteiger charge is 2.33. The molecule has 0 unspecified atom stereocenters. The number of amides is 1. The van der Waals surface area contributed by atoms with Crippen LogP contribution in [0.2, 0.25) is 0 Å². The number of hydrogen-bond acceptors (Lipinski definition) is 2. The molecule has 0 atom stereocenters. The Hall–Kier alpha value is -1.32. The maximum absolute atomic E-state index is 12.6. The molecular weight excluding hydrogens is 286 g/mol. The first-order valence-electron chi connectivity index (χ1n) is 9.29. The second kappa shape index (κ2) is 6.29. The molecule has 4 nitrogen and oxygen atoms in total. The number of aromatic nitrogens is 2. The van der Waals surface area contributed by atoms with Gasteiger partial charge in [-0.1, -0.05) is 13.3 Å². The van der Waals surface area contributed by atoms with Gasteiger partial charge < -0.3 is 5.32 Å². The van der Waals surface area contributed by atoms with Gasteiger partial charge in [0.1, 0.15) is 5.69 Å². The average molecular weight is 317 g/mol. The fourth-order valence-electron chi connectivity index (χ4n) is 3.69. The van der Waals surface area contributed by atoms with Gasteiger partial charge in [0.15, 0.2) is 0 Å². The molecule has 1 aromatic heterocycles. The van der Waals surface area contributed by atoms with Crippen LogP contribution < -0.4 is 5.32 Å². The molecule has 1 N–H and O–H groups in total. The Kier molecular flexibility index (Phi) is 4.52. The standard InChI is InChI=1S/C19H31N3O/c1-5-13-6-10-15(11-7-13)20-18(23)16-12-17(14-8-9-14)22(21-16)19(2,3)4/h12-15H,5-11H2,1-4H3,(H,20,23). The minimum Gasteiger partial charge on any atom is -0.348 e. The van der Waals surface area contributed by atoms with Crippen molar-refractivity contribution in [1.29, 1.82) is 0 Å². The topological polar surface area (TPSA) is 46.9 Å². The first kappa shape index (κ1) is 16.5. The molecule has 23 heavy (non-hydrogen) atoms. The Bertz CT molecular complexity index is 558. The summed E-state index contributed by atoms with van der Waals surface area (Å²) in [7, 11) is 0. The summed E-state index contributed by atoms with van der Waals surface area (Å²) in [4.78, 5) is 12.6. The molecule has 0 aromatic carbocycles. The molecule has 1 heterocycles. The van der Waals surface area contributed by atoms with Crippen LogP contribution in [0.4, 0.5) is 0 Å². The van der Waals surface area contributed by atoms with Gasteiger partial charge in [0.2, 0.25) is 0 Å². The monoisotopic (exact) mass is 317 g/mol. The first-order chi connectivity index (χ1) is 10.9. The number of carbonyl (C=O) groups is 1.